The molecule has 3 N–H and O–H groups in total. The highest BCUT2D eigenvalue weighted by atomic mass is 35.5. The standard InChI is InChI=1S/C16H26ClN3O/c1-16(2,15(18)19-21)10-4-5-11-20(3)12-13-6-8-14(17)9-7-13/h6-9,21H,4-5,10-12H2,1-3H3,(H2,18,19). The van der Waals surface area contributed by atoms with Crippen molar-refractivity contribution < 1.29 is 5.21 Å². The Hall–Kier alpha value is -1.26. The molecule has 21 heavy (non-hydrogen) atoms. The molecule has 1 aromatic carbocycles. The van der Waals surface area contributed by atoms with Crippen LogP contribution in [0.5, 0.6) is 0 Å². The first-order valence-corrected chi connectivity index (χ1v) is 7.64. The van der Waals surface area contributed by atoms with E-state index in [1.165, 1.54) is 5.56 Å². The van der Waals surface area contributed by atoms with Gasteiger partial charge in [0.2, 0.25) is 0 Å². The third-order valence-corrected chi connectivity index (χ3v) is 4.01. The third-order valence-electron chi connectivity index (χ3n) is 3.76. The Bertz CT molecular complexity index is 457. The maximum Gasteiger partial charge on any atom is 0.144 e. The first-order chi connectivity index (χ1) is 9.85. The minimum Gasteiger partial charge on any atom is -0.409 e. The van der Waals surface area contributed by atoms with Crippen LogP contribution < -0.4 is 5.73 Å². The second-order valence-corrected chi connectivity index (χ2v) is 6.63. The molecule has 0 fully saturated rings. The molecular weight excluding hydrogens is 286 g/mol. The van der Waals surface area contributed by atoms with Gasteiger partial charge in [-0.1, -0.05) is 49.2 Å². The molecule has 0 saturated heterocycles. The zero-order chi connectivity index (χ0) is 15.9. The molecule has 0 amide bonds. The molecule has 0 saturated carbocycles. The van der Waals surface area contributed by atoms with Crippen LogP contribution in [0.1, 0.15) is 38.7 Å². The molecule has 0 aliphatic heterocycles. The summed E-state index contributed by atoms with van der Waals surface area (Å²) in [5, 5.41) is 12.6. The van der Waals surface area contributed by atoms with E-state index in [1.807, 2.05) is 26.0 Å². The van der Waals surface area contributed by atoms with E-state index < -0.39 is 0 Å². The van der Waals surface area contributed by atoms with Crippen molar-refractivity contribution in [1.29, 1.82) is 0 Å². The number of unbranched alkanes of at least 4 members (excludes halogenated alkanes) is 1. The van der Waals surface area contributed by atoms with Crippen LogP contribution in [0.4, 0.5) is 0 Å². The van der Waals surface area contributed by atoms with Crippen molar-refractivity contribution in [1.82, 2.24) is 4.90 Å². The lowest BCUT2D eigenvalue weighted by Crippen LogP contribution is -2.32. The van der Waals surface area contributed by atoms with E-state index in [0.29, 0.717) is 5.84 Å². The van der Waals surface area contributed by atoms with Gasteiger partial charge in [-0.05, 0) is 44.1 Å². The summed E-state index contributed by atoms with van der Waals surface area (Å²) in [7, 11) is 2.11. The Morgan fingerprint density at radius 2 is 1.90 bits per heavy atom. The molecule has 0 aliphatic rings. The van der Waals surface area contributed by atoms with Crippen molar-refractivity contribution in [3.8, 4) is 0 Å². The van der Waals surface area contributed by atoms with Gasteiger partial charge in [-0.25, -0.2) is 0 Å². The monoisotopic (exact) mass is 311 g/mol. The second kappa shape index (κ2) is 8.25. The summed E-state index contributed by atoms with van der Waals surface area (Å²) in [6.45, 7) is 5.94. The Kier molecular flexibility index (Phi) is 6.99. The van der Waals surface area contributed by atoms with E-state index in [4.69, 9.17) is 22.5 Å². The van der Waals surface area contributed by atoms with Crippen molar-refractivity contribution in [2.24, 2.45) is 16.3 Å². The molecule has 0 heterocycles. The topological polar surface area (TPSA) is 61.8 Å². The number of amidine groups is 1. The summed E-state index contributed by atoms with van der Waals surface area (Å²) in [5.41, 5.74) is 6.70. The smallest absolute Gasteiger partial charge is 0.144 e. The first-order valence-electron chi connectivity index (χ1n) is 7.26. The summed E-state index contributed by atoms with van der Waals surface area (Å²) in [4.78, 5) is 2.29. The van der Waals surface area contributed by atoms with Crippen LogP contribution in [0, 0.1) is 5.41 Å². The second-order valence-electron chi connectivity index (χ2n) is 6.19. The van der Waals surface area contributed by atoms with Crippen molar-refractivity contribution in [2.45, 2.75) is 39.7 Å². The van der Waals surface area contributed by atoms with Crippen LogP contribution >= 0.6 is 11.6 Å². The lowest BCUT2D eigenvalue weighted by molar-refractivity contribution is 0.295. The largest absolute Gasteiger partial charge is 0.409 e. The molecule has 5 heteroatoms. The molecule has 0 bridgehead atoms. The van der Waals surface area contributed by atoms with Gasteiger partial charge < -0.3 is 15.8 Å². The fourth-order valence-corrected chi connectivity index (χ4v) is 2.32. The van der Waals surface area contributed by atoms with Gasteiger partial charge in [-0.15, -0.1) is 0 Å². The van der Waals surface area contributed by atoms with Gasteiger partial charge in [0.1, 0.15) is 5.84 Å². The van der Waals surface area contributed by atoms with Crippen molar-refractivity contribution in [2.75, 3.05) is 13.6 Å². The number of nitrogens with two attached hydrogens (primary N) is 1. The van der Waals surface area contributed by atoms with Crippen molar-refractivity contribution in [3.63, 3.8) is 0 Å². The molecule has 1 aromatic rings. The summed E-state index contributed by atoms with van der Waals surface area (Å²) < 4.78 is 0. The Balaban J connectivity index is 2.28. The lowest BCUT2D eigenvalue weighted by Gasteiger charge is -2.23. The van der Waals surface area contributed by atoms with E-state index >= 15 is 0 Å². The zero-order valence-electron chi connectivity index (χ0n) is 13.1. The molecule has 118 valence electrons. The van der Waals surface area contributed by atoms with E-state index in [0.717, 1.165) is 37.4 Å². The molecule has 0 radical (unpaired) electrons. The van der Waals surface area contributed by atoms with Crippen LogP contribution in [0.25, 0.3) is 0 Å². The van der Waals surface area contributed by atoms with Gasteiger partial charge in [-0.2, -0.15) is 0 Å². The van der Waals surface area contributed by atoms with Crippen LogP contribution in [0.15, 0.2) is 29.4 Å². The first kappa shape index (κ1) is 17.8. The highest BCUT2D eigenvalue weighted by Gasteiger charge is 2.22. The average Bonchev–Trinajstić information content (AvgIpc) is 2.45. The van der Waals surface area contributed by atoms with Gasteiger partial charge in [0.15, 0.2) is 0 Å². The van der Waals surface area contributed by atoms with Crippen LogP contribution in [-0.4, -0.2) is 29.5 Å². The molecule has 0 aliphatic carbocycles. The fourth-order valence-electron chi connectivity index (χ4n) is 2.19. The predicted molar refractivity (Wildman–Crippen MR) is 88.8 cm³/mol. The van der Waals surface area contributed by atoms with Gasteiger partial charge in [0, 0.05) is 17.0 Å². The highest BCUT2D eigenvalue weighted by molar-refractivity contribution is 6.30. The van der Waals surface area contributed by atoms with E-state index in [9.17, 15) is 0 Å². The lowest BCUT2D eigenvalue weighted by atomic mass is 9.86. The SMILES string of the molecule is CN(CCCCC(C)(C)/C(N)=N/O)Cc1ccc(Cl)cc1. The van der Waals surface area contributed by atoms with Gasteiger partial charge in [0.25, 0.3) is 0 Å². The molecule has 0 aromatic heterocycles. The van der Waals surface area contributed by atoms with Crippen LogP contribution in [-0.2, 0) is 6.54 Å². The Morgan fingerprint density at radius 1 is 1.29 bits per heavy atom. The average molecular weight is 312 g/mol. The number of halogens is 1. The quantitative estimate of drug-likeness (QED) is 0.253. The molecule has 1 rings (SSSR count). The van der Waals surface area contributed by atoms with E-state index in [1.54, 1.807) is 0 Å². The van der Waals surface area contributed by atoms with Crippen LogP contribution in [0.3, 0.4) is 0 Å². The number of hydrogen-bond acceptors (Lipinski definition) is 3. The summed E-state index contributed by atoms with van der Waals surface area (Å²) in [6.07, 6.45) is 3.05. The zero-order valence-corrected chi connectivity index (χ0v) is 13.9. The molecular formula is C16H26ClN3O. The molecule has 0 unspecified atom stereocenters. The van der Waals surface area contributed by atoms with Gasteiger partial charge in [0.05, 0.1) is 0 Å². The predicted octanol–water partition coefficient (Wildman–Crippen LogP) is 3.71. The van der Waals surface area contributed by atoms with Crippen molar-refractivity contribution >= 4 is 17.4 Å². The minimum absolute atomic E-state index is 0.247. The highest BCUT2D eigenvalue weighted by Crippen LogP contribution is 2.23. The van der Waals surface area contributed by atoms with Crippen molar-refractivity contribution in [3.05, 3.63) is 34.9 Å². The maximum absolute atomic E-state index is 8.74. The molecule has 4 nitrogen and oxygen atoms in total. The fraction of sp³-hybridized carbons (Fsp3) is 0.562. The minimum atomic E-state index is -0.247. The number of nitrogens with zero attached hydrogens (tertiary/aromatic N) is 2. The number of benzene rings is 1. The Labute approximate surface area is 132 Å². The summed E-state index contributed by atoms with van der Waals surface area (Å²) >= 11 is 5.88. The molecule has 0 atom stereocenters. The Morgan fingerprint density at radius 3 is 2.48 bits per heavy atom. The van der Waals surface area contributed by atoms with Crippen LogP contribution in [0.2, 0.25) is 5.02 Å². The number of oxime groups is 1. The number of hydrogen-bond donors (Lipinski definition) is 2. The van der Waals surface area contributed by atoms with Gasteiger partial charge >= 0.3 is 0 Å². The third kappa shape index (κ3) is 6.36. The number of rotatable bonds is 8. The maximum atomic E-state index is 8.74. The molecule has 0 spiro atoms. The normalized spacial score (nSPS) is 12.9. The summed E-state index contributed by atoms with van der Waals surface area (Å²) in [6, 6.07) is 7.95. The van der Waals surface area contributed by atoms with E-state index in [2.05, 4.69) is 29.2 Å². The summed E-state index contributed by atoms with van der Waals surface area (Å²) in [5.74, 6) is 0.303. The van der Waals surface area contributed by atoms with E-state index in [-0.39, 0.29) is 5.41 Å². The van der Waals surface area contributed by atoms with Gasteiger partial charge in [-0.3, -0.25) is 0 Å².